The molecule has 4 fully saturated rings. The van der Waals surface area contributed by atoms with E-state index in [0.29, 0.717) is 18.1 Å². The Labute approximate surface area is 134 Å². The molecule has 2 N–H and O–H groups in total. The van der Waals surface area contributed by atoms with E-state index < -0.39 is 0 Å². The van der Waals surface area contributed by atoms with Gasteiger partial charge < -0.3 is 10.4 Å². The first-order chi connectivity index (χ1) is 10.8. The molecule has 4 aliphatic rings. The molecular weight excluding hydrogens is 270 g/mol. The third kappa shape index (κ3) is 2.72. The van der Waals surface area contributed by atoms with Gasteiger partial charge in [0.05, 0.1) is 0 Å². The summed E-state index contributed by atoms with van der Waals surface area (Å²) in [6.45, 7) is 1.25. The quantitative estimate of drug-likeness (QED) is 0.838. The summed E-state index contributed by atoms with van der Waals surface area (Å²) >= 11 is 0. The summed E-state index contributed by atoms with van der Waals surface area (Å²) in [5, 5.41) is 13.4. The number of aliphatic hydroxyl groups excluding tert-OH is 1. The Morgan fingerprint density at radius 2 is 1.59 bits per heavy atom. The highest BCUT2D eigenvalue weighted by Crippen LogP contribution is 2.61. The van der Waals surface area contributed by atoms with Crippen molar-refractivity contribution in [1.29, 1.82) is 0 Å². The Balaban J connectivity index is 1.49. The van der Waals surface area contributed by atoms with Gasteiger partial charge in [0.2, 0.25) is 0 Å². The molecule has 0 aliphatic heterocycles. The minimum Gasteiger partial charge on any atom is -0.396 e. The first kappa shape index (κ1) is 14.7. The molecule has 22 heavy (non-hydrogen) atoms. The van der Waals surface area contributed by atoms with Gasteiger partial charge in [0.15, 0.2) is 0 Å². The standard InChI is InChI=1S/C20H29NO/c22-7-6-19(21-14-15-4-2-1-3-5-15)20-11-16-8-17(12-20)10-18(9-16)13-20/h1-5,16-19,21-22H,6-14H2. The van der Waals surface area contributed by atoms with Gasteiger partial charge in [-0.2, -0.15) is 0 Å². The monoisotopic (exact) mass is 299 g/mol. The molecule has 0 spiro atoms. The van der Waals surface area contributed by atoms with Gasteiger partial charge in [0, 0.05) is 19.2 Å². The lowest BCUT2D eigenvalue weighted by Crippen LogP contribution is -2.56. The molecule has 4 saturated carbocycles. The van der Waals surface area contributed by atoms with E-state index in [4.69, 9.17) is 0 Å². The summed E-state index contributed by atoms with van der Waals surface area (Å²) in [5.41, 5.74) is 1.84. The molecule has 0 radical (unpaired) electrons. The van der Waals surface area contributed by atoms with Gasteiger partial charge >= 0.3 is 0 Å². The fourth-order valence-electron chi connectivity index (χ4n) is 6.20. The Morgan fingerprint density at radius 3 is 2.14 bits per heavy atom. The lowest BCUT2D eigenvalue weighted by molar-refractivity contribution is -0.0776. The molecule has 1 aromatic rings. The van der Waals surface area contributed by atoms with Crippen LogP contribution < -0.4 is 5.32 Å². The van der Waals surface area contributed by atoms with E-state index in [1.807, 2.05) is 0 Å². The minimum absolute atomic E-state index is 0.314. The molecular formula is C20H29NO. The number of rotatable bonds is 6. The van der Waals surface area contributed by atoms with Crippen molar-refractivity contribution < 1.29 is 5.11 Å². The lowest BCUT2D eigenvalue weighted by Gasteiger charge is -2.59. The number of hydrogen-bond acceptors (Lipinski definition) is 2. The van der Waals surface area contributed by atoms with Gasteiger partial charge in [-0.3, -0.25) is 0 Å². The number of hydrogen-bond donors (Lipinski definition) is 2. The fourth-order valence-corrected chi connectivity index (χ4v) is 6.20. The van der Waals surface area contributed by atoms with Gasteiger partial charge in [-0.1, -0.05) is 30.3 Å². The Morgan fingerprint density at radius 1 is 1.00 bits per heavy atom. The highest BCUT2D eigenvalue weighted by Gasteiger charge is 2.53. The average molecular weight is 299 g/mol. The van der Waals surface area contributed by atoms with E-state index >= 15 is 0 Å². The van der Waals surface area contributed by atoms with Crippen LogP contribution in [-0.4, -0.2) is 17.8 Å². The molecule has 0 saturated heterocycles. The van der Waals surface area contributed by atoms with Crippen LogP contribution in [0.5, 0.6) is 0 Å². The Kier molecular flexibility index (Phi) is 4.00. The summed E-state index contributed by atoms with van der Waals surface area (Å²) < 4.78 is 0. The van der Waals surface area contributed by atoms with E-state index in [9.17, 15) is 5.11 Å². The summed E-state index contributed by atoms with van der Waals surface area (Å²) in [6, 6.07) is 11.2. The second-order valence-electron chi connectivity index (χ2n) is 8.21. The molecule has 2 nitrogen and oxygen atoms in total. The average Bonchev–Trinajstić information content (AvgIpc) is 2.51. The van der Waals surface area contributed by atoms with Crippen molar-refractivity contribution in [2.24, 2.45) is 23.2 Å². The number of benzene rings is 1. The molecule has 2 heteroatoms. The van der Waals surface area contributed by atoms with Crippen LogP contribution in [0.15, 0.2) is 30.3 Å². The SMILES string of the molecule is OCCC(NCc1ccccc1)C12CC3CC(CC(C3)C1)C2. The maximum atomic E-state index is 9.60. The Bertz CT molecular complexity index is 462. The number of nitrogens with one attached hydrogen (secondary N) is 1. The third-order valence-corrected chi connectivity index (χ3v) is 6.64. The maximum Gasteiger partial charge on any atom is 0.0446 e. The van der Waals surface area contributed by atoms with E-state index in [1.165, 1.54) is 44.1 Å². The molecule has 4 bridgehead atoms. The zero-order chi connectivity index (χ0) is 15.0. The summed E-state index contributed by atoms with van der Waals surface area (Å²) in [5.74, 6) is 2.93. The van der Waals surface area contributed by atoms with Crippen molar-refractivity contribution in [1.82, 2.24) is 5.32 Å². The number of aliphatic hydroxyl groups is 1. The molecule has 1 atom stereocenters. The maximum absolute atomic E-state index is 9.60. The first-order valence-electron chi connectivity index (χ1n) is 9.15. The van der Waals surface area contributed by atoms with E-state index in [0.717, 1.165) is 30.7 Å². The molecule has 0 amide bonds. The summed E-state index contributed by atoms with van der Waals surface area (Å²) in [6.07, 6.45) is 9.61. The molecule has 0 aromatic heterocycles. The smallest absolute Gasteiger partial charge is 0.0446 e. The van der Waals surface area contributed by atoms with Crippen molar-refractivity contribution in [3.63, 3.8) is 0 Å². The topological polar surface area (TPSA) is 32.3 Å². The van der Waals surface area contributed by atoms with Crippen molar-refractivity contribution in [2.45, 2.75) is 57.5 Å². The van der Waals surface area contributed by atoms with Crippen LogP contribution >= 0.6 is 0 Å². The Hall–Kier alpha value is -0.860. The fraction of sp³-hybridized carbons (Fsp3) is 0.700. The van der Waals surface area contributed by atoms with Crippen LogP contribution in [0.1, 0.15) is 50.5 Å². The normalized spacial score (nSPS) is 37.4. The molecule has 4 aliphatic carbocycles. The van der Waals surface area contributed by atoms with Gasteiger partial charge in [0.25, 0.3) is 0 Å². The van der Waals surface area contributed by atoms with Gasteiger partial charge in [-0.15, -0.1) is 0 Å². The second kappa shape index (κ2) is 5.98. The van der Waals surface area contributed by atoms with Crippen LogP contribution in [0.3, 0.4) is 0 Å². The van der Waals surface area contributed by atoms with Crippen LogP contribution in [0.4, 0.5) is 0 Å². The van der Waals surface area contributed by atoms with Gasteiger partial charge in [-0.25, -0.2) is 0 Å². The first-order valence-corrected chi connectivity index (χ1v) is 9.15. The van der Waals surface area contributed by atoms with E-state index in [2.05, 4.69) is 35.6 Å². The lowest BCUT2D eigenvalue weighted by atomic mass is 9.47. The van der Waals surface area contributed by atoms with Crippen molar-refractivity contribution in [3.8, 4) is 0 Å². The van der Waals surface area contributed by atoms with Crippen LogP contribution in [0.2, 0.25) is 0 Å². The van der Waals surface area contributed by atoms with Gasteiger partial charge in [0.1, 0.15) is 0 Å². The van der Waals surface area contributed by atoms with E-state index in [-0.39, 0.29) is 0 Å². The predicted molar refractivity (Wildman–Crippen MR) is 89.4 cm³/mol. The highest BCUT2D eigenvalue weighted by molar-refractivity contribution is 5.15. The predicted octanol–water partition coefficient (Wildman–Crippen LogP) is 3.74. The zero-order valence-electron chi connectivity index (χ0n) is 13.5. The van der Waals surface area contributed by atoms with Gasteiger partial charge in [-0.05, 0) is 73.7 Å². The van der Waals surface area contributed by atoms with E-state index in [1.54, 1.807) is 0 Å². The van der Waals surface area contributed by atoms with Crippen molar-refractivity contribution in [3.05, 3.63) is 35.9 Å². The minimum atomic E-state index is 0.314. The molecule has 0 heterocycles. The van der Waals surface area contributed by atoms with Crippen LogP contribution in [0, 0.1) is 23.2 Å². The van der Waals surface area contributed by atoms with Crippen molar-refractivity contribution in [2.75, 3.05) is 6.61 Å². The van der Waals surface area contributed by atoms with Crippen LogP contribution in [-0.2, 0) is 6.54 Å². The molecule has 5 rings (SSSR count). The van der Waals surface area contributed by atoms with Crippen LogP contribution in [0.25, 0.3) is 0 Å². The summed E-state index contributed by atoms with van der Waals surface area (Å²) in [7, 11) is 0. The molecule has 1 unspecified atom stereocenters. The molecule has 120 valence electrons. The largest absolute Gasteiger partial charge is 0.396 e. The highest BCUT2D eigenvalue weighted by atomic mass is 16.3. The summed E-state index contributed by atoms with van der Waals surface area (Å²) in [4.78, 5) is 0. The van der Waals surface area contributed by atoms with Crippen molar-refractivity contribution >= 4 is 0 Å². The second-order valence-corrected chi connectivity index (χ2v) is 8.21. The zero-order valence-corrected chi connectivity index (χ0v) is 13.5. The third-order valence-electron chi connectivity index (χ3n) is 6.64. The molecule has 1 aromatic carbocycles.